The van der Waals surface area contributed by atoms with Crippen LogP contribution in [-0.2, 0) is 4.79 Å². The van der Waals surface area contributed by atoms with Crippen LogP contribution >= 0.6 is 0 Å². The standard InChI is InChI=1S/C21H15F4NO3/c1-4-5-14(12(3)22)20(27)26-13-6-7-15(17(23)9-13)16-10-19-18(8-11(16)2)28-21(24,25)29-19/h4-10H,1,3H2,2H3,(H,26,27)/b14-5+. The Morgan fingerprint density at radius 1 is 1.14 bits per heavy atom. The number of carbonyl (C=O) groups excluding carboxylic acids is 1. The van der Waals surface area contributed by atoms with Crippen LogP contribution in [0.5, 0.6) is 11.5 Å². The maximum absolute atomic E-state index is 14.7. The second kappa shape index (κ2) is 7.46. The summed E-state index contributed by atoms with van der Waals surface area (Å²) in [7, 11) is 0. The van der Waals surface area contributed by atoms with Crippen LogP contribution in [-0.4, -0.2) is 12.2 Å². The normalized spacial score (nSPS) is 14.4. The van der Waals surface area contributed by atoms with Crippen LogP contribution in [0.2, 0.25) is 0 Å². The quantitative estimate of drug-likeness (QED) is 0.397. The van der Waals surface area contributed by atoms with Gasteiger partial charge in [-0.3, -0.25) is 4.79 Å². The molecule has 1 aliphatic rings. The van der Waals surface area contributed by atoms with Gasteiger partial charge >= 0.3 is 6.29 Å². The first-order chi connectivity index (χ1) is 13.6. The zero-order chi connectivity index (χ0) is 21.3. The molecule has 1 amide bonds. The molecule has 29 heavy (non-hydrogen) atoms. The van der Waals surface area contributed by atoms with Crippen molar-refractivity contribution in [3.05, 3.63) is 78.4 Å². The summed E-state index contributed by atoms with van der Waals surface area (Å²) in [5.74, 6) is -2.88. The van der Waals surface area contributed by atoms with Gasteiger partial charge in [0.15, 0.2) is 11.5 Å². The number of hydrogen-bond donors (Lipinski definition) is 1. The average Bonchev–Trinajstić information content (AvgIpc) is 2.91. The lowest BCUT2D eigenvalue weighted by Gasteiger charge is -2.11. The van der Waals surface area contributed by atoms with Crippen LogP contribution in [0.3, 0.4) is 0 Å². The van der Waals surface area contributed by atoms with Crippen molar-refractivity contribution in [2.45, 2.75) is 13.2 Å². The minimum Gasteiger partial charge on any atom is -0.395 e. The zero-order valence-electron chi connectivity index (χ0n) is 15.2. The molecule has 0 radical (unpaired) electrons. The van der Waals surface area contributed by atoms with E-state index < -0.39 is 23.8 Å². The molecule has 1 N–H and O–H groups in total. The largest absolute Gasteiger partial charge is 0.586 e. The van der Waals surface area contributed by atoms with E-state index in [1.807, 2.05) is 0 Å². The third-order valence-corrected chi connectivity index (χ3v) is 4.09. The molecular weight excluding hydrogens is 390 g/mol. The molecule has 0 saturated carbocycles. The maximum atomic E-state index is 14.7. The fraction of sp³-hybridized carbons (Fsp3) is 0.0952. The van der Waals surface area contributed by atoms with E-state index in [9.17, 15) is 22.4 Å². The topological polar surface area (TPSA) is 47.6 Å². The van der Waals surface area contributed by atoms with Crippen LogP contribution in [0.25, 0.3) is 11.1 Å². The third-order valence-electron chi connectivity index (χ3n) is 4.09. The number of amides is 1. The Morgan fingerprint density at radius 3 is 2.38 bits per heavy atom. The number of ether oxygens (including phenoxy) is 2. The lowest BCUT2D eigenvalue weighted by atomic mass is 9.99. The van der Waals surface area contributed by atoms with Gasteiger partial charge < -0.3 is 14.8 Å². The highest BCUT2D eigenvalue weighted by Gasteiger charge is 2.43. The average molecular weight is 405 g/mol. The smallest absolute Gasteiger partial charge is 0.395 e. The van der Waals surface area contributed by atoms with E-state index in [0.29, 0.717) is 11.1 Å². The van der Waals surface area contributed by atoms with E-state index in [4.69, 9.17) is 0 Å². The Labute approximate surface area is 163 Å². The number of fused-ring (bicyclic) bond motifs is 1. The molecule has 2 aromatic rings. The number of rotatable bonds is 5. The van der Waals surface area contributed by atoms with Gasteiger partial charge in [0.1, 0.15) is 11.6 Å². The van der Waals surface area contributed by atoms with Gasteiger partial charge in [0, 0.05) is 11.3 Å². The Kier molecular flexibility index (Phi) is 5.19. The van der Waals surface area contributed by atoms with E-state index in [-0.39, 0.29) is 28.3 Å². The molecule has 0 aliphatic carbocycles. The van der Waals surface area contributed by atoms with Crippen LogP contribution in [0, 0.1) is 12.7 Å². The first-order valence-corrected chi connectivity index (χ1v) is 8.30. The minimum atomic E-state index is -3.78. The predicted molar refractivity (Wildman–Crippen MR) is 99.9 cm³/mol. The Hall–Kier alpha value is -3.55. The Balaban J connectivity index is 1.90. The monoisotopic (exact) mass is 405 g/mol. The van der Waals surface area contributed by atoms with E-state index in [0.717, 1.165) is 12.1 Å². The van der Waals surface area contributed by atoms with Gasteiger partial charge in [-0.05, 0) is 54.5 Å². The van der Waals surface area contributed by atoms with Crippen LogP contribution in [0.1, 0.15) is 5.56 Å². The molecule has 0 atom stereocenters. The molecule has 0 unspecified atom stereocenters. The molecule has 3 rings (SSSR count). The van der Waals surface area contributed by atoms with Crippen molar-refractivity contribution in [1.29, 1.82) is 0 Å². The summed E-state index contributed by atoms with van der Waals surface area (Å²) in [4.78, 5) is 12.1. The SMILES string of the molecule is C=C/C=C(\C(=C)F)C(=O)Nc1ccc(-c2cc3c(cc2C)OC(F)(F)O3)c(F)c1. The molecule has 150 valence electrons. The van der Waals surface area contributed by atoms with Crippen molar-refractivity contribution in [1.82, 2.24) is 0 Å². The van der Waals surface area contributed by atoms with Crippen molar-refractivity contribution in [2.75, 3.05) is 5.32 Å². The minimum absolute atomic E-state index is 0.0670. The molecule has 0 spiro atoms. The van der Waals surface area contributed by atoms with Crippen LogP contribution in [0.4, 0.5) is 23.2 Å². The molecule has 0 bridgehead atoms. The number of nitrogens with one attached hydrogen (secondary N) is 1. The van der Waals surface area contributed by atoms with Crippen molar-refractivity contribution < 1.29 is 31.8 Å². The lowest BCUT2D eigenvalue weighted by molar-refractivity contribution is -0.286. The number of carbonyl (C=O) groups is 1. The fourth-order valence-electron chi connectivity index (χ4n) is 2.80. The maximum Gasteiger partial charge on any atom is 0.586 e. The third kappa shape index (κ3) is 4.16. The number of aryl methyl sites for hydroxylation is 1. The molecule has 8 heteroatoms. The van der Waals surface area contributed by atoms with Crippen molar-refractivity contribution in [2.24, 2.45) is 0 Å². The van der Waals surface area contributed by atoms with E-state index in [1.54, 1.807) is 6.92 Å². The van der Waals surface area contributed by atoms with Crippen LogP contribution in [0.15, 0.2) is 67.0 Å². The Morgan fingerprint density at radius 2 is 1.79 bits per heavy atom. The van der Waals surface area contributed by atoms with E-state index in [1.165, 1.54) is 30.3 Å². The predicted octanol–water partition coefficient (Wildman–Crippen LogP) is 5.66. The number of allylic oxidation sites excluding steroid dienone is 2. The van der Waals surface area contributed by atoms with Gasteiger partial charge in [0.05, 0.1) is 5.57 Å². The van der Waals surface area contributed by atoms with Gasteiger partial charge in [-0.25, -0.2) is 8.78 Å². The fourth-order valence-corrected chi connectivity index (χ4v) is 2.80. The summed E-state index contributed by atoms with van der Waals surface area (Å²) in [5, 5.41) is 2.36. The van der Waals surface area contributed by atoms with Gasteiger partial charge in [-0.15, -0.1) is 8.78 Å². The number of benzene rings is 2. The molecule has 2 aromatic carbocycles. The number of hydrogen-bond acceptors (Lipinski definition) is 3. The molecule has 0 aromatic heterocycles. The highest BCUT2D eigenvalue weighted by atomic mass is 19.3. The highest BCUT2D eigenvalue weighted by molar-refractivity contribution is 6.06. The van der Waals surface area contributed by atoms with Gasteiger partial charge in [-0.2, -0.15) is 0 Å². The summed E-state index contributed by atoms with van der Waals surface area (Å²) in [5.41, 5.74) is 0.601. The van der Waals surface area contributed by atoms with E-state index in [2.05, 4.69) is 27.9 Å². The van der Waals surface area contributed by atoms with Gasteiger partial charge in [0.25, 0.3) is 5.91 Å². The molecule has 1 aliphatic heterocycles. The van der Waals surface area contributed by atoms with Crippen molar-refractivity contribution >= 4 is 11.6 Å². The van der Waals surface area contributed by atoms with Crippen molar-refractivity contribution in [3.63, 3.8) is 0 Å². The molecule has 0 fully saturated rings. The summed E-state index contributed by atoms with van der Waals surface area (Å²) in [6.07, 6.45) is -1.43. The first-order valence-electron chi connectivity index (χ1n) is 8.30. The summed E-state index contributed by atoms with van der Waals surface area (Å²) in [6, 6.07) is 6.34. The summed E-state index contributed by atoms with van der Waals surface area (Å²) in [6.45, 7) is 8.05. The van der Waals surface area contributed by atoms with Gasteiger partial charge in [0.2, 0.25) is 0 Å². The lowest BCUT2D eigenvalue weighted by Crippen LogP contribution is -2.25. The second-order valence-electron chi connectivity index (χ2n) is 6.15. The van der Waals surface area contributed by atoms with E-state index >= 15 is 0 Å². The first kappa shape index (κ1) is 20.2. The summed E-state index contributed by atoms with van der Waals surface area (Å²) >= 11 is 0. The zero-order valence-corrected chi connectivity index (χ0v) is 15.2. The van der Waals surface area contributed by atoms with Crippen molar-refractivity contribution in [3.8, 4) is 22.6 Å². The molecule has 4 nitrogen and oxygen atoms in total. The van der Waals surface area contributed by atoms with Crippen LogP contribution < -0.4 is 14.8 Å². The summed E-state index contributed by atoms with van der Waals surface area (Å²) < 4.78 is 63.3. The highest BCUT2D eigenvalue weighted by Crippen LogP contribution is 2.44. The number of anilines is 1. The molecule has 0 saturated heterocycles. The molecule has 1 heterocycles. The van der Waals surface area contributed by atoms with Gasteiger partial charge in [-0.1, -0.05) is 19.2 Å². The Bertz CT molecular complexity index is 1060. The second-order valence-corrected chi connectivity index (χ2v) is 6.15. The number of alkyl halides is 2. The number of halogens is 4. The molecular formula is C21H15F4NO3.